The van der Waals surface area contributed by atoms with Crippen molar-refractivity contribution in [2.24, 2.45) is 17.8 Å². The van der Waals surface area contributed by atoms with Crippen LogP contribution in [0, 0.1) is 17.8 Å². The zero-order chi connectivity index (χ0) is 19.4. The standard InChI is InChI=1S/C20H26O6/c1-6-9(2)18(22)25-15-8-12-10(3)16(21)17-13(11(4)19(23)26-17)7-14(12)20(15,5)24/h6,11,13-15,17,24H,7-8H2,1-5H3/b9-6-/t11-,13+,14+,15+,17-,20+/m0/s1. The summed E-state index contributed by atoms with van der Waals surface area (Å²) in [5, 5.41) is 11.2. The molecule has 0 radical (unpaired) electrons. The first-order chi connectivity index (χ1) is 12.1. The molecule has 2 aliphatic carbocycles. The lowest BCUT2D eigenvalue weighted by molar-refractivity contribution is -0.158. The molecule has 6 nitrogen and oxygen atoms in total. The van der Waals surface area contributed by atoms with Crippen LogP contribution in [-0.2, 0) is 23.9 Å². The van der Waals surface area contributed by atoms with Crippen LogP contribution in [-0.4, -0.2) is 40.6 Å². The molecule has 3 rings (SSSR count). The summed E-state index contributed by atoms with van der Waals surface area (Å²) in [5.74, 6) is -2.04. The van der Waals surface area contributed by atoms with Crippen molar-refractivity contribution in [3.05, 3.63) is 22.8 Å². The molecule has 1 heterocycles. The second-order valence-electron chi connectivity index (χ2n) is 7.91. The number of hydrogen-bond acceptors (Lipinski definition) is 6. The van der Waals surface area contributed by atoms with Gasteiger partial charge in [-0.2, -0.15) is 0 Å². The number of carbonyl (C=O) groups is 3. The maximum Gasteiger partial charge on any atom is 0.333 e. The average Bonchev–Trinajstić information content (AvgIpc) is 2.97. The van der Waals surface area contributed by atoms with Crippen molar-refractivity contribution in [2.75, 3.05) is 0 Å². The lowest BCUT2D eigenvalue weighted by atomic mass is 9.78. The molecule has 0 unspecified atom stereocenters. The molecule has 1 saturated carbocycles. The minimum absolute atomic E-state index is 0.197. The Balaban J connectivity index is 1.95. The second kappa shape index (κ2) is 6.34. The quantitative estimate of drug-likeness (QED) is 0.598. The number of fused-ring (bicyclic) bond motifs is 2. The van der Waals surface area contributed by atoms with Gasteiger partial charge in [-0.1, -0.05) is 18.6 Å². The van der Waals surface area contributed by atoms with Gasteiger partial charge >= 0.3 is 11.9 Å². The summed E-state index contributed by atoms with van der Waals surface area (Å²) in [6.45, 7) is 8.52. The van der Waals surface area contributed by atoms with Crippen LogP contribution in [0.2, 0.25) is 0 Å². The van der Waals surface area contributed by atoms with Gasteiger partial charge in [-0.25, -0.2) is 4.79 Å². The van der Waals surface area contributed by atoms with Crippen LogP contribution < -0.4 is 0 Å². The van der Waals surface area contributed by atoms with E-state index in [1.54, 1.807) is 40.7 Å². The molecule has 0 spiro atoms. The summed E-state index contributed by atoms with van der Waals surface area (Å²) in [7, 11) is 0. The minimum Gasteiger partial charge on any atom is -0.456 e. The lowest BCUT2D eigenvalue weighted by Crippen LogP contribution is -2.43. The van der Waals surface area contributed by atoms with E-state index in [0.29, 0.717) is 24.0 Å². The van der Waals surface area contributed by atoms with E-state index in [1.165, 1.54) is 0 Å². The topological polar surface area (TPSA) is 89.9 Å². The van der Waals surface area contributed by atoms with Crippen molar-refractivity contribution in [1.29, 1.82) is 0 Å². The van der Waals surface area contributed by atoms with Crippen LogP contribution in [0.4, 0.5) is 0 Å². The van der Waals surface area contributed by atoms with Crippen molar-refractivity contribution in [2.45, 2.75) is 65.3 Å². The van der Waals surface area contributed by atoms with E-state index in [-0.39, 0.29) is 23.6 Å². The number of hydrogen-bond donors (Lipinski definition) is 1. The molecule has 0 aromatic heterocycles. The zero-order valence-electron chi connectivity index (χ0n) is 15.9. The van der Waals surface area contributed by atoms with Crippen LogP contribution in [0.15, 0.2) is 22.8 Å². The minimum atomic E-state index is -1.30. The number of aliphatic hydroxyl groups is 1. The Hall–Kier alpha value is -1.95. The van der Waals surface area contributed by atoms with Gasteiger partial charge in [-0.3, -0.25) is 9.59 Å². The molecule has 0 bridgehead atoms. The summed E-state index contributed by atoms with van der Waals surface area (Å²) in [6.07, 6.45) is 0.945. The third-order valence-corrected chi connectivity index (χ3v) is 6.45. The number of carbonyl (C=O) groups excluding carboxylic acids is 3. The van der Waals surface area contributed by atoms with Gasteiger partial charge in [0.15, 0.2) is 11.9 Å². The number of ketones is 1. The first kappa shape index (κ1) is 18.8. The van der Waals surface area contributed by atoms with Crippen LogP contribution in [0.3, 0.4) is 0 Å². The van der Waals surface area contributed by atoms with Gasteiger partial charge in [0.2, 0.25) is 0 Å². The average molecular weight is 362 g/mol. The fraction of sp³-hybridized carbons (Fsp3) is 0.650. The Morgan fingerprint density at radius 1 is 1.38 bits per heavy atom. The van der Waals surface area contributed by atoms with Crippen molar-refractivity contribution in [3.8, 4) is 0 Å². The summed E-state index contributed by atoms with van der Waals surface area (Å²) in [5.41, 5.74) is 0.499. The summed E-state index contributed by atoms with van der Waals surface area (Å²) < 4.78 is 10.9. The van der Waals surface area contributed by atoms with E-state index in [0.717, 1.165) is 5.57 Å². The van der Waals surface area contributed by atoms with Gasteiger partial charge in [-0.15, -0.1) is 0 Å². The zero-order valence-corrected chi connectivity index (χ0v) is 15.9. The van der Waals surface area contributed by atoms with Gasteiger partial charge in [0, 0.05) is 23.8 Å². The maximum absolute atomic E-state index is 12.8. The summed E-state index contributed by atoms with van der Waals surface area (Å²) >= 11 is 0. The number of ether oxygens (including phenoxy) is 2. The molecule has 0 aromatic carbocycles. The molecular formula is C20H26O6. The van der Waals surface area contributed by atoms with E-state index in [1.807, 2.05) is 0 Å². The Morgan fingerprint density at radius 2 is 2.04 bits per heavy atom. The smallest absolute Gasteiger partial charge is 0.333 e. The monoisotopic (exact) mass is 362 g/mol. The Bertz CT molecular complexity index is 729. The van der Waals surface area contributed by atoms with E-state index in [2.05, 4.69) is 0 Å². The second-order valence-corrected chi connectivity index (χ2v) is 7.91. The van der Waals surface area contributed by atoms with Crippen LogP contribution in [0.25, 0.3) is 0 Å². The van der Waals surface area contributed by atoms with E-state index >= 15 is 0 Å². The lowest BCUT2D eigenvalue weighted by Gasteiger charge is -2.32. The maximum atomic E-state index is 12.8. The highest BCUT2D eigenvalue weighted by atomic mass is 16.6. The highest BCUT2D eigenvalue weighted by Crippen LogP contribution is 2.51. The first-order valence-corrected chi connectivity index (χ1v) is 9.10. The largest absolute Gasteiger partial charge is 0.456 e. The summed E-state index contributed by atoms with van der Waals surface area (Å²) in [4.78, 5) is 36.9. The van der Waals surface area contributed by atoms with Crippen molar-refractivity contribution >= 4 is 17.7 Å². The number of esters is 2. The van der Waals surface area contributed by atoms with Crippen LogP contribution in [0.1, 0.15) is 47.5 Å². The predicted octanol–water partition coefficient (Wildman–Crippen LogP) is 2.10. The molecule has 1 aliphatic heterocycles. The molecule has 0 amide bonds. The molecular weight excluding hydrogens is 336 g/mol. The molecule has 1 N–H and O–H groups in total. The van der Waals surface area contributed by atoms with E-state index in [9.17, 15) is 19.5 Å². The summed E-state index contributed by atoms with van der Waals surface area (Å²) in [6, 6.07) is 0. The molecule has 142 valence electrons. The van der Waals surface area contributed by atoms with Gasteiger partial charge in [0.1, 0.15) is 11.7 Å². The van der Waals surface area contributed by atoms with Gasteiger partial charge in [0.05, 0.1) is 5.92 Å². The fourth-order valence-corrected chi connectivity index (χ4v) is 4.40. The third-order valence-electron chi connectivity index (χ3n) is 6.45. The van der Waals surface area contributed by atoms with Gasteiger partial charge < -0.3 is 14.6 Å². The number of Topliss-reactive ketones (excluding diaryl/α,β-unsaturated/α-hetero) is 1. The van der Waals surface area contributed by atoms with E-state index < -0.39 is 29.7 Å². The molecule has 0 aromatic rings. The molecule has 6 atom stereocenters. The SMILES string of the molecule is C/C=C(/C)C(=O)O[C@@H]1CC2=C(C)C(=O)[C@H]3OC(=O)[C@@H](C)[C@H]3C[C@H]2[C@@]1(C)O. The highest BCUT2D eigenvalue weighted by molar-refractivity contribution is 6.02. The Labute approximate surface area is 153 Å². The Morgan fingerprint density at radius 3 is 2.65 bits per heavy atom. The van der Waals surface area contributed by atoms with E-state index in [4.69, 9.17) is 9.47 Å². The van der Waals surface area contributed by atoms with Crippen LogP contribution in [0.5, 0.6) is 0 Å². The number of allylic oxidation sites excluding steroid dienone is 1. The van der Waals surface area contributed by atoms with Gasteiger partial charge in [-0.05, 0) is 39.7 Å². The highest BCUT2D eigenvalue weighted by Gasteiger charge is 2.57. The van der Waals surface area contributed by atoms with Crippen molar-refractivity contribution in [1.82, 2.24) is 0 Å². The van der Waals surface area contributed by atoms with Crippen molar-refractivity contribution < 1.29 is 29.0 Å². The molecule has 2 fully saturated rings. The number of rotatable bonds is 2. The molecule has 6 heteroatoms. The first-order valence-electron chi connectivity index (χ1n) is 9.10. The third kappa shape index (κ3) is 2.71. The Kier molecular flexibility index (Phi) is 4.59. The fourth-order valence-electron chi connectivity index (χ4n) is 4.40. The van der Waals surface area contributed by atoms with Crippen LogP contribution >= 0.6 is 0 Å². The van der Waals surface area contributed by atoms with Crippen molar-refractivity contribution in [3.63, 3.8) is 0 Å². The normalized spacial score (nSPS) is 40.1. The van der Waals surface area contributed by atoms with Gasteiger partial charge in [0.25, 0.3) is 0 Å². The molecule has 26 heavy (non-hydrogen) atoms. The molecule has 3 aliphatic rings. The molecule has 1 saturated heterocycles. The predicted molar refractivity (Wildman–Crippen MR) is 92.9 cm³/mol.